The van der Waals surface area contributed by atoms with E-state index in [1.54, 1.807) is 12.3 Å². The zero-order valence-electron chi connectivity index (χ0n) is 7.48. The van der Waals surface area contributed by atoms with Crippen LogP contribution in [0.15, 0.2) is 23.4 Å². The van der Waals surface area contributed by atoms with E-state index in [0.717, 1.165) is 11.4 Å². The van der Waals surface area contributed by atoms with E-state index < -0.39 is 0 Å². The fourth-order valence-electron chi connectivity index (χ4n) is 1.06. The van der Waals surface area contributed by atoms with Crippen molar-refractivity contribution in [3.63, 3.8) is 0 Å². The van der Waals surface area contributed by atoms with Gasteiger partial charge in [-0.05, 0) is 12.1 Å². The molecule has 1 N–H and O–H groups in total. The Morgan fingerprint density at radius 1 is 1.64 bits per heavy atom. The van der Waals surface area contributed by atoms with Crippen LogP contribution in [0.25, 0.3) is 6.08 Å². The highest BCUT2D eigenvalue weighted by atomic mass is 32.2. The molecule has 0 aromatic carbocycles. The van der Waals surface area contributed by atoms with Gasteiger partial charge in [0.2, 0.25) is 0 Å². The van der Waals surface area contributed by atoms with Crippen molar-refractivity contribution in [3.05, 3.63) is 29.1 Å². The molecule has 0 saturated heterocycles. The summed E-state index contributed by atoms with van der Waals surface area (Å²) in [6.07, 6.45) is 3.43. The van der Waals surface area contributed by atoms with Crippen molar-refractivity contribution in [1.82, 2.24) is 4.98 Å². The fourth-order valence-corrected chi connectivity index (χ4v) is 1.77. The maximum Gasteiger partial charge on any atom is 0.308 e. The van der Waals surface area contributed by atoms with E-state index in [4.69, 9.17) is 4.74 Å². The lowest BCUT2D eigenvalue weighted by molar-refractivity contribution is -0.135. The predicted molar refractivity (Wildman–Crippen MR) is 55.2 cm³/mol. The monoisotopic (exact) mass is 208 g/mol. The van der Waals surface area contributed by atoms with Crippen LogP contribution >= 0.6 is 11.9 Å². The highest BCUT2D eigenvalue weighted by Crippen LogP contribution is 2.30. The van der Waals surface area contributed by atoms with Crippen LogP contribution in [0.1, 0.15) is 12.6 Å². The highest BCUT2D eigenvalue weighted by molar-refractivity contribution is 8.04. The number of carbonyl (C=O) groups excluding carboxylic acids is 1. The van der Waals surface area contributed by atoms with Crippen molar-refractivity contribution in [3.8, 4) is 0 Å². The van der Waals surface area contributed by atoms with Crippen LogP contribution in [0.4, 0.5) is 5.69 Å². The molecule has 0 aliphatic carbocycles. The highest BCUT2D eigenvalue weighted by Gasteiger charge is 2.13. The molecule has 4 nitrogen and oxygen atoms in total. The first-order chi connectivity index (χ1) is 6.75. The van der Waals surface area contributed by atoms with E-state index >= 15 is 0 Å². The summed E-state index contributed by atoms with van der Waals surface area (Å²) < 4.78 is 7.96. The summed E-state index contributed by atoms with van der Waals surface area (Å²) in [5.74, 6) is -0.329. The Balaban J connectivity index is 2.26. The molecule has 0 bridgehead atoms. The third-order valence-corrected chi connectivity index (χ3v) is 2.32. The first kappa shape index (κ1) is 9.08. The molecule has 0 spiro atoms. The molecule has 0 radical (unpaired) electrons. The zero-order chi connectivity index (χ0) is 9.97. The van der Waals surface area contributed by atoms with Crippen LogP contribution in [-0.2, 0) is 9.53 Å². The number of anilines is 1. The lowest BCUT2D eigenvalue weighted by Gasteiger charge is -2.14. The molecule has 1 aliphatic heterocycles. The number of ether oxygens (including phenoxy) is 1. The number of rotatable bonds is 1. The smallest absolute Gasteiger partial charge is 0.308 e. The Bertz CT molecular complexity index is 404. The van der Waals surface area contributed by atoms with Gasteiger partial charge in [0.25, 0.3) is 0 Å². The number of nitrogens with zero attached hydrogens (tertiary/aromatic N) is 1. The van der Waals surface area contributed by atoms with Crippen molar-refractivity contribution in [2.24, 2.45) is 0 Å². The summed E-state index contributed by atoms with van der Waals surface area (Å²) in [5.41, 5.74) is 1.70. The second-order valence-electron chi connectivity index (χ2n) is 2.70. The molecule has 72 valence electrons. The van der Waals surface area contributed by atoms with Crippen LogP contribution in [0, 0.1) is 0 Å². The summed E-state index contributed by atoms with van der Waals surface area (Å²) in [7, 11) is 0. The second kappa shape index (κ2) is 3.71. The van der Waals surface area contributed by atoms with Gasteiger partial charge in [0, 0.05) is 31.1 Å². The third-order valence-electron chi connectivity index (χ3n) is 1.60. The Labute approximate surface area is 85.5 Å². The lowest BCUT2D eigenvalue weighted by Crippen LogP contribution is -2.04. The molecule has 2 heterocycles. The van der Waals surface area contributed by atoms with Gasteiger partial charge in [-0.3, -0.25) is 9.78 Å². The Kier molecular flexibility index (Phi) is 2.41. The van der Waals surface area contributed by atoms with Gasteiger partial charge in [0.05, 0.1) is 11.4 Å². The predicted octanol–water partition coefficient (Wildman–Crippen LogP) is 2.02. The van der Waals surface area contributed by atoms with E-state index in [-0.39, 0.29) is 5.97 Å². The normalized spacial score (nSPS) is 13.6. The average molecular weight is 208 g/mol. The van der Waals surface area contributed by atoms with Gasteiger partial charge < -0.3 is 9.46 Å². The van der Waals surface area contributed by atoms with E-state index in [1.807, 2.05) is 12.1 Å². The maximum absolute atomic E-state index is 10.7. The van der Waals surface area contributed by atoms with Crippen molar-refractivity contribution >= 4 is 29.7 Å². The maximum atomic E-state index is 10.7. The van der Waals surface area contributed by atoms with E-state index in [0.29, 0.717) is 5.09 Å². The van der Waals surface area contributed by atoms with Crippen LogP contribution in [0.2, 0.25) is 0 Å². The Hall–Kier alpha value is -1.49. The SMILES string of the molecule is CC(=O)OC1=Cc2ncccc2NS1. The quantitative estimate of drug-likeness (QED) is 0.565. The number of pyridine rings is 1. The number of carbonyl (C=O) groups is 1. The van der Waals surface area contributed by atoms with Crippen LogP contribution in [0.3, 0.4) is 0 Å². The molecule has 0 amide bonds. The van der Waals surface area contributed by atoms with Crippen LogP contribution in [0.5, 0.6) is 0 Å². The average Bonchev–Trinajstić information content (AvgIpc) is 2.17. The van der Waals surface area contributed by atoms with Gasteiger partial charge >= 0.3 is 5.97 Å². The molecule has 1 aromatic heterocycles. The Morgan fingerprint density at radius 2 is 2.50 bits per heavy atom. The largest absolute Gasteiger partial charge is 0.418 e. The summed E-state index contributed by atoms with van der Waals surface area (Å²) in [6.45, 7) is 1.37. The molecule has 0 fully saturated rings. The number of hydrogen-bond donors (Lipinski definition) is 1. The van der Waals surface area contributed by atoms with E-state index in [9.17, 15) is 4.79 Å². The van der Waals surface area contributed by atoms with Crippen LogP contribution in [-0.4, -0.2) is 11.0 Å². The van der Waals surface area contributed by atoms with Crippen molar-refractivity contribution in [1.29, 1.82) is 0 Å². The van der Waals surface area contributed by atoms with Gasteiger partial charge in [-0.15, -0.1) is 0 Å². The number of fused-ring (bicyclic) bond motifs is 1. The minimum absolute atomic E-state index is 0.329. The molecular formula is C9H8N2O2S. The summed E-state index contributed by atoms with van der Waals surface area (Å²) in [4.78, 5) is 14.8. The second-order valence-corrected chi connectivity index (χ2v) is 3.51. The Morgan fingerprint density at radius 3 is 3.29 bits per heavy atom. The molecule has 14 heavy (non-hydrogen) atoms. The van der Waals surface area contributed by atoms with Gasteiger partial charge in [0.1, 0.15) is 0 Å². The van der Waals surface area contributed by atoms with Gasteiger partial charge in [-0.25, -0.2) is 0 Å². The lowest BCUT2D eigenvalue weighted by atomic mass is 10.3. The van der Waals surface area contributed by atoms with Crippen molar-refractivity contribution < 1.29 is 9.53 Å². The molecule has 5 heteroatoms. The van der Waals surface area contributed by atoms with E-state index in [1.165, 1.54) is 18.9 Å². The van der Waals surface area contributed by atoms with Crippen molar-refractivity contribution in [2.45, 2.75) is 6.92 Å². The topological polar surface area (TPSA) is 51.2 Å². The number of nitrogens with one attached hydrogen (secondary N) is 1. The summed E-state index contributed by atoms with van der Waals surface area (Å²) in [6, 6.07) is 3.76. The summed E-state index contributed by atoms with van der Waals surface area (Å²) >= 11 is 1.26. The molecule has 1 aliphatic rings. The molecular weight excluding hydrogens is 200 g/mol. The molecule has 1 aromatic rings. The minimum Gasteiger partial charge on any atom is -0.418 e. The van der Waals surface area contributed by atoms with Gasteiger partial charge in [-0.1, -0.05) is 0 Å². The molecule has 0 atom stereocenters. The minimum atomic E-state index is -0.329. The van der Waals surface area contributed by atoms with Gasteiger partial charge in [-0.2, -0.15) is 0 Å². The van der Waals surface area contributed by atoms with Crippen LogP contribution < -0.4 is 4.72 Å². The first-order valence-electron chi connectivity index (χ1n) is 4.04. The molecule has 2 rings (SSSR count). The molecule has 0 saturated carbocycles. The van der Waals surface area contributed by atoms with Gasteiger partial charge in [0.15, 0.2) is 5.09 Å². The van der Waals surface area contributed by atoms with Crippen molar-refractivity contribution in [2.75, 3.05) is 4.72 Å². The summed E-state index contributed by atoms with van der Waals surface area (Å²) in [5, 5.41) is 0.517. The standard InChI is InChI=1S/C9H8N2O2S/c1-6(12)13-9-5-8-7(11-14-9)3-2-4-10-8/h2-5,11H,1H3. The fraction of sp³-hybridized carbons (Fsp3) is 0.111. The molecule has 0 unspecified atom stereocenters. The number of esters is 1. The first-order valence-corrected chi connectivity index (χ1v) is 4.85. The third kappa shape index (κ3) is 1.88. The number of hydrogen-bond acceptors (Lipinski definition) is 5. The zero-order valence-corrected chi connectivity index (χ0v) is 8.30. The number of aromatic nitrogens is 1. The van der Waals surface area contributed by atoms with E-state index in [2.05, 4.69) is 9.71 Å².